The van der Waals surface area contributed by atoms with E-state index < -0.39 is 17.7 Å². The molecule has 0 aromatic rings. The van der Waals surface area contributed by atoms with Gasteiger partial charge in [-0.2, -0.15) is 0 Å². The number of hydrogen-bond acceptors (Lipinski definition) is 5. The molecular weight excluding hydrogens is 212 g/mol. The topological polar surface area (TPSA) is 61.8 Å². The van der Waals surface area contributed by atoms with Crippen LogP contribution in [0.5, 0.6) is 0 Å². The number of halogens is 1. The number of esters is 1. The van der Waals surface area contributed by atoms with Crippen LogP contribution in [0.3, 0.4) is 0 Å². The molecule has 0 radical (unpaired) electrons. The van der Waals surface area contributed by atoms with E-state index in [1.807, 2.05) is 6.92 Å². The van der Waals surface area contributed by atoms with E-state index in [1.165, 1.54) is 0 Å². The van der Waals surface area contributed by atoms with Gasteiger partial charge in [0.15, 0.2) is 0 Å². The summed E-state index contributed by atoms with van der Waals surface area (Å²) < 4.78 is 4.68. The maximum atomic E-state index is 10.7. The molecule has 0 spiro atoms. The van der Waals surface area contributed by atoms with E-state index in [9.17, 15) is 9.59 Å². The Bertz CT molecular complexity index is 216. The van der Waals surface area contributed by atoms with Gasteiger partial charge in [-0.25, -0.2) is 9.59 Å². The molecule has 0 aliphatic rings. The lowest BCUT2D eigenvalue weighted by atomic mass is 10.3. The largest absolute Gasteiger partial charge is 0.435 e. The molecule has 0 aliphatic heterocycles. The van der Waals surface area contributed by atoms with Crippen molar-refractivity contribution in [2.45, 2.75) is 26.1 Å². The van der Waals surface area contributed by atoms with E-state index >= 15 is 0 Å². The van der Waals surface area contributed by atoms with Crippen LogP contribution in [0.25, 0.3) is 0 Å². The van der Waals surface area contributed by atoms with Gasteiger partial charge in [-0.1, -0.05) is 19.9 Å². The molecule has 0 fully saturated rings. The molecule has 14 heavy (non-hydrogen) atoms. The molecule has 1 atom stereocenters. The second-order valence-electron chi connectivity index (χ2n) is 2.28. The summed E-state index contributed by atoms with van der Waals surface area (Å²) in [6.07, 6.45) is 1.11. The van der Waals surface area contributed by atoms with Gasteiger partial charge in [-0.05, 0) is 0 Å². The molecule has 0 amide bonds. The highest BCUT2D eigenvalue weighted by atomic mass is 35.5. The van der Waals surface area contributed by atoms with Gasteiger partial charge in [-0.3, -0.25) is 4.89 Å². The second-order valence-corrected chi connectivity index (χ2v) is 2.59. The van der Waals surface area contributed by atoms with Gasteiger partial charge in [0, 0.05) is 24.1 Å². The highest BCUT2D eigenvalue weighted by Gasteiger charge is 2.15. The van der Waals surface area contributed by atoms with E-state index in [1.54, 1.807) is 0 Å². The highest BCUT2D eigenvalue weighted by molar-refractivity contribution is 6.61. The lowest BCUT2D eigenvalue weighted by molar-refractivity contribution is -0.325. The zero-order valence-electron chi connectivity index (χ0n) is 7.70. The molecule has 1 unspecified atom stereocenters. The quantitative estimate of drug-likeness (QED) is 0.172. The number of rotatable bonds is 6. The van der Waals surface area contributed by atoms with Gasteiger partial charge in [-0.15, -0.1) is 4.89 Å². The molecule has 0 aromatic heterocycles. The lowest BCUT2D eigenvalue weighted by Gasteiger charge is -2.13. The van der Waals surface area contributed by atoms with Crippen molar-refractivity contribution in [3.63, 3.8) is 0 Å². The van der Waals surface area contributed by atoms with Crippen molar-refractivity contribution in [2.75, 3.05) is 0 Å². The van der Waals surface area contributed by atoms with Crippen molar-refractivity contribution < 1.29 is 24.1 Å². The molecule has 0 saturated heterocycles. The normalized spacial score (nSPS) is 11.6. The zero-order valence-corrected chi connectivity index (χ0v) is 8.45. The van der Waals surface area contributed by atoms with Crippen LogP contribution in [0.15, 0.2) is 12.7 Å². The van der Waals surface area contributed by atoms with Gasteiger partial charge in [0.25, 0.3) is 0 Å². The first-order valence-corrected chi connectivity index (χ1v) is 4.33. The van der Waals surface area contributed by atoms with Crippen molar-refractivity contribution in [1.82, 2.24) is 0 Å². The number of hydrogen-bond donors (Lipinski definition) is 0. The van der Waals surface area contributed by atoms with Crippen molar-refractivity contribution in [3.8, 4) is 0 Å². The van der Waals surface area contributed by atoms with Crippen LogP contribution in [-0.4, -0.2) is 17.7 Å². The average Bonchev–Trinajstić information content (AvgIpc) is 2.14. The summed E-state index contributed by atoms with van der Waals surface area (Å²) in [5, 5.41) is 0. The van der Waals surface area contributed by atoms with Crippen LogP contribution >= 0.6 is 11.6 Å². The molecular formula is C8H11ClO5. The molecule has 0 saturated carbocycles. The first kappa shape index (κ1) is 12.9. The van der Waals surface area contributed by atoms with Crippen LogP contribution in [0.1, 0.15) is 19.8 Å². The third-order valence-electron chi connectivity index (χ3n) is 1.16. The Labute approximate surface area is 86.5 Å². The first-order valence-electron chi connectivity index (χ1n) is 3.96. The summed E-state index contributed by atoms with van der Waals surface area (Å²) in [4.78, 5) is 29.4. The number of ether oxygens (including phenoxy) is 1. The minimum atomic E-state index is -1.12. The summed E-state index contributed by atoms with van der Waals surface area (Å²) >= 11 is 4.85. The Balaban J connectivity index is 3.94. The summed E-state index contributed by atoms with van der Waals surface area (Å²) in [6.45, 7) is 5.05. The fourth-order valence-electron chi connectivity index (χ4n) is 0.632. The molecule has 5 nitrogen and oxygen atoms in total. The van der Waals surface area contributed by atoms with Crippen LogP contribution in [-0.2, 0) is 19.3 Å². The smallest absolute Gasteiger partial charge is 0.429 e. The molecule has 0 rings (SSSR count). The van der Waals surface area contributed by atoms with Gasteiger partial charge in [0.1, 0.15) is 0 Å². The highest BCUT2D eigenvalue weighted by Crippen LogP contribution is 2.06. The maximum absolute atomic E-state index is 10.7. The predicted octanol–water partition coefficient (Wildman–Crippen LogP) is 2.15. The minimum absolute atomic E-state index is 0.393. The Morgan fingerprint density at radius 1 is 1.57 bits per heavy atom. The Morgan fingerprint density at radius 3 is 2.64 bits per heavy atom. The summed E-state index contributed by atoms with van der Waals surface area (Å²) in [5.41, 5.74) is -1.12. The number of carbonyl (C=O) groups excluding carboxylic acids is 2. The maximum Gasteiger partial charge on any atom is 0.435 e. The van der Waals surface area contributed by atoms with Gasteiger partial charge in [0.05, 0.1) is 0 Å². The standard InChI is InChI=1S/C8H11ClO5/c1-3-5-7(12-6(10)4-2)13-14-8(9)11/h4,7H,2-3,5H2,1H3. The molecule has 80 valence electrons. The summed E-state index contributed by atoms with van der Waals surface area (Å²) in [5.74, 6) is -0.658. The molecule has 0 N–H and O–H groups in total. The molecule has 0 aromatic carbocycles. The van der Waals surface area contributed by atoms with Crippen molar-refractivity contribution in [2.24, 2.45) is 0 Å². The van der Waals surface area contributed by atoms with Crippen LogP contribution in [0.2, 0.25) is 0 Å². The Hall–Kier alpha value is -1.07. The monoisotopic (exact) mass is 222 g/mol. The van der Waals surface area contributed by atoms with Crippen molar-refractivity contribution in [1.29, 1.82) is 0 Å². The SMILES string of the molecule is C=CC(=O)OC(CCC)OOC(=O)Cl. The van der Waals surface area contributed by atoms with E-state index in [0.29, 0.717) is 12.8 Å². The summed E-state index contributed by atoms with van der Waals surface area (Å²) in [6, 6.07) is 0. The first-order chi connectivity index (χ1) is 6.60. The average molecular weight is 223 g/mol. The van der Waals surface area contributed by atoms with Crippen molar-refractivity contribution in [3.05, 3.63) is 12.7 Å². The number of carbonyl (C=O) groups is 2. The lowest BCUT2D eigenvalue weighted by Crippen LogP contribution is -2.21. The predicted molar refractivity (Wildman–Crippen MR) is 48.4 cm³/mol. The van der Waals surface area contributed by atoms with Gasteiger partial charge in [0.2, 0.25) is 6.29 Å². The van der Waals surface area contributed by atoms with Gasteiger partial charge >= 0.3 is 11.4 Å². The minimum Gasteiger partial charge on any atom is -0.429 e. The van der Waals surface area contributed by atoms with Gasteiger partial charge < -0.3 is 4.74 Å². The third kappa shape index (κ3) is 6.45. The van der Waals surface area contributed by atoms with Crippen LogP contribution in [0, 0.1) is 0 Å². The fourth-order valence-corrected chi connectivity index (χ4v) is 0.668. The van der Waals surface area contributed by atoms with Crippen molar-refractivity contribution >= 4 is 23.0 Å². The second kappa shape index (κ2) is 7.34. The van der Waals surface area contributed by atoms with E-state index in [2.05, 4.69) is 21.1 Å². The fraction of sp³-hybridized carbons (Fsp3) is 0.500. The van der Waals surface area contributed by atoms with E-state index in [-0.39, 0.29) is 0 Å². The molecule has 6 heteroatoms. The van der Waals surface area contributed by atoms with E-state index in [4.69, 9.17) is 11.6 Å². The van der Waals surface area contributed by atoms with Crippen LogP contribution < -0.4 is 0 Å². The Kier molecular flexibility index (Phi) is 6.78. The Morgan fingerprint density at radius 2 is 2.21 bits per heavy atom. The van der Waals surface area contributed by atoms with Crippen LogP contribution in [0.4, 0.5) is 4.79 Å². The third-order valence-corrected chi connectivity index (χ3v) is 1.22. The molecule has 0 bridgehead atoms. The molecule has 0 aliphatic carbocycles. The molecule has 0 heterocycles. The zero-order chi connectivity index (χ0) is 11.0. The van der Waals surface area contributed by atoms with E-state index in [0.717, 1.165) is 6.08 Å². The summed E-state index contributed by atoms with van der Waals surface area (Å²) in [7, 11) is 0.